The van der Waals surface area contributed by atoms with Crippen LogP contribution in [0, 0.1) is 5.92 Å². The lowest BCUT2D eigenvalue weighted by Gasteiger charge is -2.43. The van der Waals surface area contributed by atoms with Gasteiger partial charge in [-0.25, -0.2) is 10.9 Å². The zero-order valence-electron chi connectivity index (χ0n) is 15.2. The van der Waals surface area contributed by atoms with E-state index in [1.54, 1.807) is 0 Å². The van der Waals surface area contributed by atoms with Gasteiger partial charge < -0.3 is 10.4 Å². The average molecular weight is 373 g/mol. The fourth-order valence-electron chi connectivity index (χ4n) is 3.96. The molecule has 1 aliphatic heterocycles. The summed E-state index contributed by atoms with van der Waals surface area (Å²) < 4.78 is 0. The van der Waals surface area contributed by atoms with Crippen LogP contribution >= 0.6 is 0 Å². The number of hydrazine groups is 2. The van der Waals surface area contributed by atoms with Crippen molar-refractivity contribution in [1.82, 2.24) is 26.6 Å². The van der Waals surface area contributed by atoms with E-state index >= 15 is 0 Å². The summed E-state index contributed by atoms with van der Waals surface area (Å²) in [4.78, 5) is 25.9. The van der Waals surface area contributed by atoms with Crippen molar-refractivity contribution in [3.8, 4) is 0 Å². The number of carbonyl (C=O) groups excluding carboxylic acids is 1. The Hall–Kier alpha value is -2.00. The van der Waals surface area contributed by atoms with Gasteiger partial charge in [-0.15, -0.1) is 0 Å². The highest BCUT2D eigenvalue weighted by molar-refractivity contribution is 5.83. The van der Waals surface area contributed by atoms with Crippen molar-refractivity contribution < 1.29 is 14.7 Å². The van der Waals surface area contributed by atoms with E-state index in [0.29, 0.717) is 5.92 Å². The highest BCUT2D eigenvalue weighted by atomic mass is 16.4. The van der Waals surface area contributed by atoms with Gasteiger partial charge in [0, 0.05) is 18.6 Å². The highest BCUT2D eigenvalue weighted by Crippen LogP contribution is 2.34. The molecule has 0 radical (unpaired) electrons. The molecule has 2 saturated carbocycles. The first-order valence-corrected chi connectivity index (χ1v) is 9.67. The molecule has 1 amide bonds. The van der Waals surface area contributed by atoms with E-state index in [0.717, 1.165) is 24.9 Å². The molecule has 1 aromatic carbocycles. The van der Waals surface area contributed by atoms with Gasteiger partial charge in [-0.1, -0.05) is 30.3 Å². The van der Waals surface area contributed by atoms with E-state index in [9.17, 15) is 9.59 Å². The number of hydrogen-bond donors (Lipinski definition) is 5. The average Bonchev–Trinajstić information content (AvgIpc) is 3.29. The molecule has 1 saturated heterocycles. The Morgan fingerprint density at radius 1 is 1.15 bits per heavy atom. The first kappa shape index (κ1) is 18.4. The second-order valence-corrected chi connectivity index (χ2v) is 7.88. The molecule has 1 aromatic rings. The van der Waals surface area contributed by atoms with Crippen molar-refractivity contribution in [3.63, 3.8) is 0 Å². The lowest BCUT2D eigenvalue weighted by Crippen LogP contribution is -2.58. The summed E-state index contributed by atoms with van der Waals surface area (Å²) in [5.41, 5.74) is 9.98. The van der Waals surface area contributed by atoms with Crippen LogP contribution in [-0.2, 0) is 9.59 Å². The number of carboxylic acid groups (broad SMARTS) is 1. The van der Waals surface area contributed by atoms with E-state index in [2.05, 4.69) is 26.6 Å². The number of nitrogens with one attached hydrogen (secondary N) is 4. The summed E-state index contributed by atoms with van der Waals surface area (Å²) in [6.45, 7) is 0.960. The summed E-state index contributed by atoms with van der Waals surface area (Å²) in [6.07, 6.45) is 4.04. The van der Waals surface area contributed by atoms with Crippen LogP contribution in [0.5, 0.6) is 0 Å². The Labute approximate surface area is 158 Å². The standard InChI is InChI=1S/C19H27N5O3/c25-16(26)11-24(10-12-6-7-12)15-8-14(9-15)20-19(27)18-17(21-23-22-18)13-4-2-1-3-5-13/h1-5,12,14-15,17-18,21-23H,6-11H2,(H,20,27)(H,25,26). The number of nitrogens with zero attached hydrogens (tertiary/aromatic N) is 1. The SMILES string of the molecule is O=C(O)CN(CC1CC1)C1CC(NC(=O)C2NNNC2c2ccccc2)C1. The predicted octanol–water partition coefficient (Wildman–Crippen LogP) is 0.153. The van der Waals surface area contributed by atoms with Crippen LogP contribution < -0.4 is 21.7 Å². The fourth-order valence-corrected chi connectivity index (χ4v) is 3.96. The first-order chi connectivity index (χ1) is 13.1. The van der Waals surface area contributed by atoms with Crippen LogP contribution in [0.3, 0.4) is 0 Å². The third-order valence-corrected chi connectivity index (χ3v) is 5.73. The van der Waals surface area contributed by atoms with E-state index in [4.69, 9.17) is 5.11 Å². The Bertz CT molecular complexity index is 675. The Morgan fingerprint density at radius 2 is 1.89 bits per heavy atom. The van der Waals surface area contributed by atoms with Crippen molar-refractivity contribution >= 4 is 11.9 Å². The normalized spacial score (nSPS) is 30.1. The maximum atomic E-state index is 12.7. The zero-order chi connectivity index (χ0) is 18.8. The molecule has 2 unspecified atom stereocenters. The highest BCUT2D eigenvalue weighted by Gasteiger charge is 2.40. The second kappa shape index (κ2) is 7.93. The number of carboxylic acids is 1. The van der Waals surface area contributed by atoms with E-state index in [-0.39, 0.29) is 30.6 Å². The number of amides is 1. The van der Waals surface area contributed by atoms with Crippen molar-refractivity contribution in [1.29, 1.82) is 0 Å². The van der Waals surface area contributed by atoms with Gasteiger partial charge in [0.1, 0.15) is 6.04 Å². The largest absolute Gasteiger partial charge is 0.480 e. The Balaban J connectivity index is 1.28. The quantitative estimate of drug-likeness (QED) is 0.442. The lowest BCUT2D eigenvalue weighted by molar-refractivity contribution is -0.140. The molecule has 2 atom stereocenters. The molecule has 0 aromatic heterocycles. The summed E-state index contributed by atoms with van der Waals surface area (Å²) in [5.74, 6) is -0.164. The van der Waals surface area contributed by atoms with Crippen LogP contribution in [-0.4, -0.2) is 53.1 Å². The summed E-state index contributed by atoms with van der Waals surface area (Å²) in [7, 11) is 0. The van der Waals surface area contributed by atoms with Gasteiger partial charge in [-0.3, -0.25) is 14.5 Å². The Morgan fingerprint density at radius 3 is 2.56 bits per heavy atom. The van der Waals surface area contributed by atoms with E-state index in [1.807, 2.05) is 30.3 Å². The van der Waals surface area contributed by atoms with Gasteiger partial charge in [0.25, 0.3) is 0 Å². The molecule has 5 N–H and O–H groups in total. The number of aliphatic carboxylic acids is 1. The molecule has 4 rings (SSSR count). The molecule has 1 heterocycles. The zero-order valence-corrected chi connectivity index (χ0v) is 15.2. The summed E-state index contributed by atoms with van der Waals surface area (Å²) >= 11 is 0. The molecule has 3 aliphatic rings. The molecule has 3 fully saturated rings. The third kappa shape index (κ3) is 4.47. The first-order valence-electron chi connectivity index (χ1n) is 9.67. The number of benzene rings is 1. The maximum Gasteiger partial charge on any atom is 0.317 e. The fraction of sp³-hybridized carbons (Fsp3) is 0.579. The van der Waals surface area contributed by atoms with Crippen LogP contribution in [0.2, 0.25) is 0 Å². The minimum absolute atomic E-state index is 0.0446. The lowest BCUT2D eigenvalue weighted by atomic mass is 9.84. The van der Waals surface area contributed by atoms with Gasteiger partial charge in [0.05, 0.1) is 12.6 Å². The van der Waals surface area contributed by atoms with Gasteiger partial charge >= 0.3 is 5.97 Å². The molecule has 146 valence electrons. The number of carbonyl (C=O) groups is 2. The number of rotatable bonds is 8. The molecular formula is C19H27N5O3. The van der Waals surface area contributed by atoms with E-state index < -0.39 is 12.0 Å². The molecule has 0 bridgehead atoms. The molecule has 8 nitrogen and oxygen atoms in total. The third-order valence-electron chi connectivity index (χ3n) is 5.73. The smallest absolute Gasteiger partial charge is 0.317 e. The van der Waals surface area contributed by atoms with Crippen molar-refractivity contribution in [2.24, 2.45) is 5.92 Å². The second-order valence-electron chi connectivity index (χ2n) is 7.88. The van der Waals surface area contributed by atoms with Crippen molar-refractivity contribution in [2.75, 3.05) is 13.1 Å². The summed E-state index contributed by atoms with van der Waals surface area (Å²) in [6, 6.07) is 9.68. The number of hydrogen-bond acceptors (Lipinski definition) is 6. The minimum atomic E-state index is -0.777. The molecule has 0 spiro atoms. The molecule has 8 heteroatoms. The summed E-state index contributed by atoms with van der Waals surface area (Å²) in [5, 5.41) is 12.3. The van der Waals surface area contributed by atoms with Crippen molar-refractivity contribution in [2.45, 2.75) is 49.9 Å². The van der Waals surface area contributed by atoms with Crippen LogP contribution in [0.1, 0.15) is 37.3 Å². The predicted molar refractivity (Wildman–Crippen MR) is 99.3 cm³/mol. The van der Waals surface area contributed by atoms with Gasteiger partial charge in [0.15, 0.2) is 0 Å². The maximum absolute atomic E-state index is 12.7. The topological polar surface area (TPSA) is 106 Å². The Kier molecular flexibility index (Phi) is 5.40. The van der Waals surface area contributed by atoms with Gasteiger partial charge in [-0.05, 0) is 37.2 Å². The van der Waals surface area contributed by atoms with E-state index in [1.165, 1.54) is 12.8 Å². The van der Waals surface area contributed by atoms with Crippen LogP contribution in [0.25, 0.3) is 0 Å². The minimum Gasteiger partial charge on any atom is -0.480 e. The molecule has 2 aliphatic carbocycles. The molecular weight excluding hydrogens is 346 g/mol. The van der Waals surface area contributed by atoms with Crippen LogP contribution in [0.4, 0.5) is 0 Å². The van der Waals surface area contributed by atoms with Gasteiger partial charge in [0.2, 0.25) is 5.91 Å². The van der Waals surface area contributed by atoms with Crippen molar-refractivity contribution in [3.05, 3.63) is 35.9 Å². The van der Waals surface area contributed by atoms with Gasteiger partial charge in [-0.2, -0.15) is 5.53 Å². The van der Waals surface area contributed by atoms with Crippen LogP contribution in [0.15, 0.2) is 30.3 Å². The molecule has 27 heavy (non-hydrogen) atoms. The monoisotopic (exact) mass is 373 g/mol.